The average molecular weight is 296 g/mol. The Balaban J connectivity index is 2.64. The Bertz CT molecular complexity index is 482. The van der Waals surface area contributed by atoms with Crippen molar-refractivity contribution in [1.82, 2.24) is 4.90 Å². The van der Waals surface area contributed by atoms with Crippen LogP contribution in [-0.2, 0) is 9.59 Å². The molecule has 0 aliphatic heterocycles. The molecule has 0 spiro atoms. The summed E-state index contributed by atoms with van der Waals surface area (Å²) in [6.45, 7) is 2.73. The van der Waals surface area contributed by atoms with Gasteiger partial charge in [-0.05, 0) is 30.2 Å². The fraction of sp³-hybridized carbons (Fsp3) is 0.333. The first-order chi connectivity index (χ1) is 9.52. The van der Waals surface area contributed by atoms with Gasteiger partial charge in [-0.1, -0.05) is 30.7 Å². The highest BCUT2D eigenvalue weighted by molar-refractivity contribution is 6.30. The molecule has 0 heterocycles. The summed E-state index contributed by atoms with van der Waals surface area (Å²) in [5.74, 6) is -1.08. The summed E-state index contributed by atoms with van der Waals surface area (Å²) in [6, 6.07) is 7.13. The predicted molar refractivity (Wildman–Crippen MR) is 79.6 cm³/mol. The lowest BCUT2D eigenvalue weighted by atomic mass is 10.2. The molecular weight excluding hydrogens is 278 g/mol. The third-order valence-corrected chi connectivity index (χ3v) is 2.94. The largest absolute Gasteiger partial charge is 0.481 e. The monoisotopic (exact) mass is 295 g/mol. The maximum absolute atomic E-state index is 12.0. The number of carbonyl (C=O) groups excluding carboxylic acids is 1. The molecule has 108 valence electrons. The third-order valence-electron chi connectivity index (χ3n) is 2.69. The van der Waals surface area contributed by atoms with Gasteiger partial charge >= 0.3 is 5.97 Å². The van der Waals surface area contributed by atoms with Gasteiger partial charge in [0.1, 0.15) is 0 Å². The molecule has 20 heavy (non-hydrogen) atoms. The van der Waals surface area contributed by atoms with E-state index in [0.29, 0.717) is 11.6 Å². The van der Waals surface area contributed by atoms with Crippen LogP contribution in [0.5, 0.6) is 0 Å². The molecule has 0 saturated heterocycles. The van der Waals surface area contributed by atoms with E-state index >= 15 is 0 Å². The maximum atomic E-state index is 12.0. The number of nitrogens with zero attached hydrogens (tertiary/aromatic N) is 1. The molecule has 4 nitrogen and oxygen atoms in total. The molecule has 1 N–H and O–H groups in total. The number of hydrogen-bond acceptors (Lipinski definition) is 2. The summed E-state index contributed by atoms with van der Waals surface area (Å²) >= 11 is 5.78. The van der Waals surface area contributed by atoms with Crippen LogP contribution >= 0.6 is 11.6 Å². The van der Waals surface area contributed by atoms with E-state index in [4.69, 9.17) is 16.7 Å². The first-order valence-electron chi connectivity index (χ1n) is 6.47. The van der Waals surface area contributed by atoms with Crippen LogP contribution in [0.25, 0.3) is 6.08 Å². The van der Waals surface area contributed by atoms with Crippen LogP contribution in [0.3, 0.4) is 0 Å². The van der Waals surface area contributed by atoms with Crippen molar-refractivity contribution in [2.75, 3.05) is 13.1 Å². The van der Waals surface area contributed by atoms with Crippen molar-refractivity contribution in [3.8, 4) is 0 Å². The first kappa shape index (κ1) is 16.2. The molecule has 1 aromatic rings. The van der Waals surface area contributed by atoms with E-state index in [9.17, 15) is 9.59 Å². The SMILES string of the molecule is CCCN(CCC(=O)O)C(=O)/C=C/c1ccc(Cl)cc1. The minimum absolute atomic E-state index is 0.0411. The van der Waals surface area contributed by atoms with E-state index in [2.05, 4.69) is 0 Å². The first-order valence-corrected chi connectivity index (χ1v) is 6.85. The summed E-state index contributed by atoms with van der Waals surface area (Å²) in [6.07, 6.45) is 3.91. The summed E-state index contributed by atoms with van der Waals surface area (Å²) in [7, 11) is 0. The zero-order valence-corrected chi connectivity index (χ0v) is 12.1. The van der Waals surface area contributed by atoms with Crippen molar-refractivity contribution >= 4 is 29.6 Å². The van der Waals surface area contributed by atoms with Crippen LogP contribution in [0.1, 0.15) is 25.3 Å². The topological polar surface area (TPSA) is 57.6 Å². The molecular formula is C15H18ClNO3. The highest BCUT2D eigenvalue weighted by Crippen LogP contribution is 2.11. The standard InChI is InChI=1S/C15H18ClNO3/c1-2-10-17(11-9-15(19)20)14(18)8-5-12-3-6-13(16)7-4-12/h3-8H,2,9-11H2,1H3,(H,19,20)/b8-5+. The van der Waals surface area contributed by atoms with E-state index in [1.54, 1.807) is 23.1 Å². The summed E-state index contributed by atoms with van der Waals surface area (Å²) < 4.78 is 0. The van der Waals surface area contributed by atoms with E-state index in [0.717, 1.165) is 12.0 Å². The molecule has 0 bridgehead atoms. The number of benzene rings is 1. The molecule has 0 fully saturated rings. The van der Waals surface area contributed by atoms with Crippen molar-refractivity contribution in [3.63, 3.8) is 0 Å². The molecule has 1 rings (SSSR count). The van der Waals surface area contributed by atoms with Gasteiger partial charge in [-0.2, -0.15) is 0 Å². The van der Waals surface area contributed by atoms with Gasteiger partial charge in [0.2, 0.25) is 5.91 Å². The maximum Gasteiger partial charge on any atom is 0.305 e. The van der Waals surface area contributed by atoms with E-state index in [-0.39, 0.29) is 18.9 Å². The predicted octanol–water partition coefficient (Wildman–Crippen LogP) is 3.07. The van der Waals surface area contributed by atoms with Crippen LogP contribution in [-0.4, -0.2) is 35.0 Å². The Kier molecular flexibility index (Phi) is 6.81. The lowest BCUT2D eigenvalue weighted by Gasteiger charge is -2.19. The summed E-state index contributed by atoms with van der Waals surface area (Å²) in [5.41, 5.74) is 0.873. The Hall–Kier alpha value is -1.81. The fourth-order valence-electron chi connectivity index (χ4n) is 1.68. The molecule has 0 atom stereocenters. The Morgan fingerprint density at radius 1 is 1.25 bits per heavy atom. The lowest BCUT2D eigenvalue weighted by Crippen LogP contribution is -2.32. The highest BCUT2D eigenvalue weighted by Gasteiger charge is 2.11. The van der Waals surface area contributed by atoms with Crippen molar-refractivity contribution < 1.29 is 14.7 Å². The van der Waals surface area contributed by atoms with Gasteiger partial charge in [0.15, 0.2) is 0 Å². The summed E-state index contributed by atoms with van der Waals surface area (Å²) in [4.78, 5) is 24.1. The molecule has 0 radical (unpaired) electrons. The molecule has 0 saturated carbocycles. The molecule has 0 aliphatic carbocycles. The molecule has 5 heteroatoms. The van der Waals surface area contributed by atoms with Crippen molar-refractivity contribution in [2.24, 2.45) is 0 Å². The fourth-order valence-corrected chi connectivity index (χ4v) is 1.81. The van der Waals surface area contributed by atoms with Crippen LogP contribution < -0.4 is 0 Å². The van der Waals surface area contributed by atoms with Gasteiger partial charge in [0, 0.05) is 24.2 Å². The summed E-state index contributed by atoms with van der Waals surface area (Å²) in [5, 5.41) is 9.32. The average Bonchev–Trinajstić information content (AvgIpc) is 2.42. The molecule has 1 amide bonds. The van der Waals surface area contributed by atoms with Crippen LogP contribution in [0.4, 0.5) is 0 Å². The number of rotatable bonds is 7. The number of carboxylic acid groups (broad SMARTS) is 1. The van der Waals surface area contributed by atoms with Gasteiger partial charge in [-0.15, -0.1) is 0 Å². The van der Waals surface area contributed by atoms with E-state index < -0.39 is 5.97 Å². The van der Waals surface area contributed by atoms with Gasteiger partial charge in [0.25, 0.3) is 0 Å². The van der Waals surface area contributed by atoms with Crippen molar-refractivity contribution in [1.29, 1.82) is 0 Å². The number of carbonyl (C=O) groups is 2. The minimum Gasteiger partial charge on any atom is -0.481 e. The number of aliphatic carboxylic acids is 1. The van der Waals surface area contributed by atoms with Crippen LogP contribution in [0.2, 0.25) is 5.02 Å². The molecule has 0 aromatic heterocycles. The van der Waals surface area contributed by atoms with Crippen molar-refractivity contribution in [2.45, 2.75) is 19.8 Å². The Labute approximate surface area is 123 Å². The zero-order valence-electron chi connectivity index (χ0n) is 11.4. The second-order valence-electron chi connectivity index (χ2n) is 4.35. The number of halogens is 1. The second kappa shape index (κ2) is 8.38. The molecule has 1 aromatic carbocycles. The Morgan fingerprint density at radius 3 is 2.45 bits per heavy atom. The van der Waals surface area contributed by atoms with Gasteiger partial charge < -0.3 is 10.0 Å². The van der Waals surface area contributed by atoms with E-state index in [1.807, 2.05) is 19.1 Å². The van der Waals surface area contributed by atoms with Crippen molar-refractivity contribution in [3.05, 3.63) is 40.9 Å². The third kappa shape index (κ3) is 5.89. The molecule has 0 aliphatic rings. The minimum atomic E-state index is -0.902. The van der Waals surface area contributed by atoms with Gasteiger partial charge in [-0.25, -0.2) is 0 Å². The smallest absolute Gasteiger partial charge is 0.305 e. The van der Waals surface area contributed by atoms with Gasteiger partial charge in [0.05, 0.1) is 6.42 Å². The highest BCUT2D eigenvalue weighted by atomic mass is 35.5. The van der Waals surface area contributed by atoms with Crippen LogP contribution in [0.15, 0.2) is 30.3 Å². The second-order valence-corrected chi connectivity index (χ2v) is 4.79. The number of carboxylic acids is 1. The lowest BCUT2D eigenvalue weighted by molar-refractivity contribution is -0.138. The van der Waals surface area contributed by atoms with Crippen LogP contribution in [0, 0.1) is 0 Å². The van der Waals surface area contributed by atoms with E-state index in [1.165, 1.54) is 6.08 Å². The Morgan fingerprint density at radius 2 is 1.90 bits per heavy atom. The number of amides is 1. The van der Waals surface area contributed by atoms with Gasteiger partial charge in [-0.3, -0.25) is 9.59 Å². The number of hydrogen-bond donors (Lipinski definition) is 1. The zero-order chi connectivity index (χ0) is 15.0. The molecule has 0 unspecified atom stereocenters. The quantitative estimate of drug-likeness (QED) is 0.787. The normalized spacial score (nSPS) is 10.7.